The van der Waals surface area contributed by atoms with E-state index in [1.807, 2.05) is 0 Å². The van der Waals surface area contributed by atoms with Gasteiger partial charge in [0.15, 0.2) is 9.84 Å². The lowest BCUT2D eigenvalue weighted by atomic mass is 10.1. The highest BCUT2D eigenvalue weighted by Gasteiger charge is 2.36. The third kappa shape index (κ3) is 3.46. The van der Waals surface area contributed by atoms with E-state index in [1.54, 1.807) is 24.3 Å². The second kappa shape index (κ2) is 7.19. The van der Waals surface area contributed by atoms with Gasteiger partial charge in [-0.1, -0.05) is 29.4 Å². The number of nitrogens with one attached hydrogen (secondary N) is 1. The van der Waals surface area contributed by atoms with Crippen molar-refractivity contribution in [3.05, 3.63) is 59.7 Å². The molecule has 152 valence electrons. The summed E-state index contributed by atoms with van der Waals surface area (Å²) in [4.78, 5) is 37.8. The molecule has 0 radical (unpaired) electrons. The number of fused-ring (bicyclic) bond motifs is 1. The van der Waals surface area contributed by atoms with Crippen LogP contribution in [-0.2, 0) is 14.6 Å². The number of hydrogen-bond donors (Lipinski definition) is 1. The minimum atomic E-state index is -3.55. The number of carbonyl (C=O) groups is 3. The van der Waals surface area contributed by atoms with E-state index >= 15 is 0 Å². The Morgan fingerprint density at radius 1 is 0.967 bits per heavy atom. The fraction of sp³-hybridized carbons (Fsp3) is 0.105. The first-order chi connectivity index (χ1) is 14.3. The molecule has 1 aliphatic heterocycles. The number of imide groups is 1. The highest BCUT2D eigenvalue weighted by atomic mass is 32.2. The molecular weight excluding hydrogens is 412 g/mol. The normalized spacial score (nSPS) is 13.4. The molecule has 0 aliphatic carbocycles. The maximum absolute atomic E-state index is 12.3. The van der Waals surface area contributed by atoms with Gasteiger partial charge in [-0.05, 0) is 24.3 Å². The van der Waals surface area contributed by atoms with Crippen LogP contribution in [-0.4, -0.2) is 54.0 Å². The lowest BCUT2D eigenvalue weighted by molar-refractivity contribution is -0.116. The molecule has 2 heterocycles. The van der Waals surface area contributed by atoms with E-state index in [4.69, 9.17) is 4.42 Å². The number of amides is 3. The molecule has 1 aromatic heterocycles. The van der Waals surface area contributed by atoms with Gasteiger partial charge in [0.2, 0.25) is 5.91 Å². The molecule has 11 heteroatoms. The fourth-order valence-electron chi connectivity index (χ4n) is 3.03. The number of hydrogen-bond acceptors (Lipinski definition) is 8. The summed E-state index contributed by atoms with van der Waals surface area (Å²) < 4.78 is 29.2. The number of benzene rings is 2. The first-order valence-electron chi connectivity index (χ1n) is 8.64. The van der Waals surface area contributed by atoms with Crippen molar-refractivity contribution in [2.75, 3.05) is 18.1 Å². The van der Waals surface area contributed by atoms with Crippen LogP contribution >= 0.6 is 0 Å². The van der Waals surface area contributed by atoms with Crippen molar-refractivity contribution in [2.24, 2.45) is 0 Å². The van der Waals surface area contributed by atoms with Gasteiger partial charge in [-0.25, -0.2) is 8.42 Å². The van der Waals surface area contributed by atoms with E-state index in [9.17, 15) is 22.8 Å². The van der Waals surface area contributed by atoms with E-state index in [0.717, 1.165) is 11.2 Å². The summed E-state index contributed by atoms with van der Waals surface area (Å²) in [6.07, 6.45) is 1.05. The molecule has 1 N–H and O–H groups in total. The van der Waals surface area contributed by atoms with Crippen LogP contribution in [0.25, 0.3) is 11.5 Å². The molecule has 0 atom stereocenters. The highest BCUT2D eigenvalue weighted by Crippen LogP contribution is 2.27. The van der Waals surface area contributed by atoms with E-state index in [0.29, 0.717) is 0 Å². The van der Waals surface area contributed by atoms with Gasteiger partial charge in [0.25, 0.3) is 17.7 Å². The Morgan fingerprint density at radius 3 is 2.13 bits per heavy atom. The van der Waals surface area contributed by atoms with Gasteiger partial charge >= 0.3 is 6.01 Å². The Bertz CT molecular complexity index is 1260. The Kier molecular flexibility index (Phi) is 4.66. The summed E-state index contributed by atoms with van der Waals surface area (Å²) in [5.41, 5.74) is 0.647. The maximum atomic E-state index is 12.3. The summed E-state index contributed by atoms with van der Waals surface area (Å²) in [6, 6.07) is 12.0. The standard InChI is InChI=1S/C19H14N4O6S/c1-30(27,28)14-9-5-4-8-13(14)16-21-22-19(29-16)20-15(24)10-23-17(25)11-6-2-3-7-12(11)18(23)26/h2-9H,10H2,1H3,(H,20,22,24). The Morgan fingerprint density at radius 2 is 1.53 bits per heavy atom. The molecule has 0 saturated heterocycles. The van der Waals surface area contributed by atoms with E-state index < -0.39 is 34.1 Å². The molecule has 10 nitrogen and oxygen atoms in total. The number of aromatic nitrogens is 2. The van der Waals surface area contributed by atoms with Crippen molar-refractivity contribution in [3.63, 3.8) is 0 Å². The van der Waals surface area contributed by atoms with Crippen molar-refractivity contribution >= 4 is 33.6 Å². The summed E-state index contributed by atoms with van der Waals surface area (Å²) in [6.45, 7) is -0.538. The quantitative estimate of drug-likeness (QED) is 0.604. The smallest absolute Gasteiger partial charge is 0.322 e. The molecular formula is C19H14N4O6S. The Hall–Kier alpha value is -3.86. The minimum absolute atomic E-state index is 0.00227. The molecule has 3 amide bonds. The summed E-state index contributed by atoms with van der Waals surface area (Å²) in [7, 11) is -3.55. The van der Waals surface area contributed by atoms with Crippen molar-refractivity contribution in [2.45, 2.75) is 4.90 Å². The number of rotatable bonds is 5. The zero-order chi connectivity index (χ0) is 21.5. The van der Waals surface area contributed by atoms with Gasteiger partial charge in [-0.15, -0.1) is 5.10 Å². The largest absolute Gasteiger partial charge is 0.403 e. The van der Waals surface area contributed by atoms with Crippen LogP contribution in [0.15, 0.2) is 57.8 Å². The van der Waals surface area contributed by atoms with Crippen LogP contribution in [0.2, 0.25) is 0 Å². The third-order valence-electron chi connectivity index (χ3n) is 4.37. The molecule has 2 aromatic carbocycles. The van der Waals surface area contributed by atoms with Gasteiger partial charge in [-0.3, -0.25) is 24.6 Å². The maximum Gasteiger partial charge on any atom is 0.322 e. The second-order valence-corrected chi connectivity index (χ2v) is 8.46. The molecule has 1 aliphatic rings. The van der Waals surface area contributed by atoms with Crippen molar-refractivity contribution in [1.82, 2.24) is 15.1 Å². The van der Waals surface area contributed by atoms with Crippen molar-refractivity contribution < 1.29 is 27.2 Å². The first-order valence-corrected chi connectivity index (χ1v) is 10.5. The predicted octanol–water partition coefficient (Wildman–Crippen LogP) is 1.37. The Labute approximate surface area is 170 Å². The number of carbonyl (C=O) groups excluding carboxylic acids is 3. The molecule has 0 unspecified atom stereocenters. The summed E-state index contributed by atoms with van der Waals surface area (Å²) in [5, 5.41) is 9.75. The van der Waals surface area contributed by atoms with Crippen LogP contribution in [0.3, 0.4) is 0 Å². The highest BCUT2D eigenvalue weighted by molar-refractivity contribution is 7.90. The van der Waals surface area contributed by atoms with Crippen LogP contribution in [0.4, 0.5) is 6.01 Å². The topological polar surface area (TPSA) is 140 Å². The SMILES string of the molecule is CS(=O)(=O)c1ccccc1-c1nnc(NC(=O)CN2C(=O)c3ccccc3C2=O)o1. The number of sulfone groups is 1. The van der Waals surface area contributed by atoms with Gasteiger partial charge in [-0.2, -0.15) is 0 Å². The van der Waals surface area contributed by atoms with E-state index in [1.165, 1.54) is 24.3 Å². The van der Waals surface area contributed by atoms with E-state index in [-0.39, 0.29) is 33.5 Å². The van der Waals surface area contributed by atoms with Gasteiger partial charge in [0.1, 0.15) is 6.54 Å². The molecule has 0 saturated carbocycles. The van der Waals surface area contributed by atoms with Crippen molar-refractivity contribution in [3.8, 4) is 11.5 Å². The minimum Gasteiger partial charge on any atom is -0.403 e. The molecule has 30 heavy (non-hydrogen) atoms. The second-order valence-electron chi connectivity index (χ2n) is 6.47. The first kappa shape index (κ1) is 19.5. The van der Waals surface area contributed by atoms with Gasteiger partial charge < -0.3 is 4.42 Å². The summed E-state index contributed by atoms with van der Waals surface area (Å²) >= 11 is 0. The average Bonchev–Trinajstić information content (AvgIpc) is 3.27. The van der Waals surface area contributed by atoms with Gasteiger partial charge in [0.05, 0.1) is 21.6 Å². The summed E-state index contributed by atoms with van der Waals surface area (Å²) in [5.74, 6) is -1.97. The van der Waals surface area contributed by atoms with Crippen LogP contribution in [0.5, 0.6) is 0 Å². The zero-order valence-corrected chi connectivity index (χ0v) is 16.3. The molecule has 0 bridgehead atoms. The van der Waals surface area contributed by atoms with Crippen molar-refractivity contribution in [1.29, 1.82) is 0 Å². The zero-order valence-electron chi connectivity index (χ0n) is 15.5. The molecule has 0 spiro atoms. The van der Waals surface area contributed by atoms with Crippen LogP contribution in [0, 0.1) is 0 Å². The number of nitrogens with zero attached hydrogens (tertiary/aromatic N) is 3. The van der Waals surface area contributed by atoms with Gasteiger partial charge in [0, 0.05) is 6.26 Å². The Balaban J connectivity index is 1.50. The third-order valence-corrected chi connectivity index (χ3v) is 5.52. The van der Waals surface area contributed by atoms with Crippen LogP contribution < -0.4 is 5.32 Å². The van der Waals surface area contributed by atoms with Crippen LogP contribution in [0.1, 0.15) is 20.7 Å². The van der Waals surface area contributed by atoms with E-state index in [2.05, 4.69) is 15.5 Å². The fourth-order valence-corrected chi connectivity index (χ4v) is 3.91. The number of anilines is 1. The molecule has 4 rings (SSSR count). The lowest BCUT2D eigenvalue weighted by Crippen LogP contribution is -2.37. The predicted molar refractivity (Wildman–Crippen MR) is 103 cm³/mol. The average molecular weight is 426 g/mol. The molecule has 3 aromatic rings. The monoisotopic (exact) mass is 426 g/mol. The lowest BCUT2D eigenvalue weighted by Gasteiger charge is -2.12. The molecule has 0 fully saturated rings.